The van der Waals surface area contributed by atoms with Crippen LogP contribution in [0.3, 0.4) is 0 Å². The van der Waals surface area contributed by atoms with Gasteiger partial charge < -0.3 is 20.1 Å². The van der Waals surface area contributed by atoms with Gasteiger partial charge in [0.15, 0.2) is 0 Å². The van der Waals surface area contributed by atoms with Crippen LogP contribution in [0.25, 0.3) is 11.0 Å². The molecule has 0 amide bonds. The monoisotopic (exact) mass is 568 g/mol. The topological polar surface area (TPSA) is 131 Å². The first-order valence-corrected chi connectivity index (χ1v) is 13.1. The van der Waals surface area contributed by atoms with Crippen LogP contribution in [0.2, 0.25) is 0 Å². The lowest BCUT2D eigenvalue weighted by molar-refractivity contribution is 0.598. The fourth-order valence-electron chi connectivity index (χ4n) is 3.95. The van der Waals surface area contributed by atoms with Crippen molar-refractivity contribution in [1.29, 1.82) is 0 Å². The summed E-state index contributed by atoms with van der Waals surface area (Å²) >= 11 is 0. The number of halogens is 2. The molecule has 0 atom stereocenters. The third kappa shape index (κ3) is 6.25. The number of nitrogens with one attached hydrogen (secondary N) is 2. The molecule has 3 aromatic carbocycles. The highest BCUT2D eigenvalue weighted by Crippen LogP contribution is 2.28. The average Bonchev–Trinajstić information content (AvgIpc) is 3.22. The van der Waals surface area contributed by atoms with Crippen LogP contribution in [0.15, 0.2) is 83.9 Å². The number of hydrogen-bond acceptors (Lipinski definition) is 8. The lowest BCUT2D eigenvalue weighted by atomic mass is 10.2. The summed E-state index contributed by atoms with van der Waals surface area (Å²) in [6, 6.07) is 20.2. The van der Waals surface area contributed by atoms with Gasteiger partial charge in [0.2, 0.25) is 21.9 Å². The molecule has 0 spiro atoms. The molecule has 13 heteroatoms. The van der Waals surface area contributed by atoms with E-state index in [2.05, 4.69) is 20.6 Å². The van der Waals surface area contributed by atoms with Crippen LogP contribution in [0, 0.1) is 5.82 Å². The number of imidazole rings is 1. The SMILES string of the molecule is CN(c1ccc2c(c1)nc(NCc1ccc(F)cc1)n2C)c1ccnc(Nc2cccc(S(N)(=O)=O)c2)n1.Cl. The second-order valence-corrected chi connectivity index (χ2v) is 10.2. The van der Waals surface area contributed by atoms with E-state index in [-0.39, 0.29) is 23.1 Å². The van der Waals surface area contributed by atoms with Crippen molar-refractivity contribution in [3.8, 4) is 0 Å². The normalized spacial score (nSPS) is 11.2. The summed E-state index contributed by atoms with van der Waals surface area (Å²) in [6.07, 6.45) is 1.61. The zero-order valence-electron chi connectivity index (χ0n) is 21.0. The minimum absolute atomic E-state index is 0. The second kappa shape index (κ2) is 11.2. The first-order chi connectivity index (χ1) is 18.2. The summed E-state index contributed by atoms with van der Waals surface area (Å²) in [5.74, 6) is 1.34. The molecule has 2 heterocycles. The summed E-state index contributed by atoms with van der Waals surface area (Å²) < 4.78 is 38.5. The van der Waals surface area contributed by atoms with Crippen molar-refractivity contribution in [2.24, 2.45) is 12.2 Å². The highest BCUT2D eigenvalue weighted by molar-refractivity contribution is 7.89. The lowest BCUT2D eigenvalue weighted by Gasteiger charge is -2.19. The van der Waals surface area contributed by atoms with Crippen molar-refractivity contribution < 1.29 is 12.8 Å². The Morgan fingerprint density at radius 2 is 1.79 bits per heavy atom. The number of rotatable bonds is 8. The van der Waals surface area contributed by atoms with Gasteiger partial charge in [-0.05, 0) is 60.2 Å². The minimum atomic E-state index is -3.83. The van der Waals surface area contributed by atoms with Crippen LogP contribution in [-0.2, 0) is 23.6 Å². The van der Waals surface area contributed by atoms with E-state index in [1.807, 2.05) is 41.8 Å². The molecule has 5 aromatic rings. The van der Waals surface area contributed by atoms with Crippen molar-refractivity contribution in [2.45, 2.75) is 11.4 Å². The van der Waals surface area contributed by atoms with Gasteiger partial charge in [0.05, 0.1) is 15.9 Å². The first-order valence-electron chi connectivity index (χ1n) is 11.6. The van der Waals surface area contributed by atoms with Crippen molar-refractivity contribution in [2.75, 3.05) is 22.6 Å². The van der Waals surface area contributed by atoms with E-state index in [9.17, 15) is 12.8 Å². The Labute approximate surface area is 231 Å². The van der Waals surface area contributed by atoms with Crippen LogP contribution in [0.1, 0.15) is 5.56 Å². The fraction of sp³-hybridized carbons (Fsp3) is 0.115. The van der Waals surface area contributed by atoms with Crippen molar-refractivity contribution >= 4 is 62.6 Å². The zero-order valence-corrected chi connectivity index (χ0v) is 22.7. The van der Waals surface area contributed by atoms with Gasteiger partial charge in [-0.25, -0.2) is 27.9 Å². The van der Waals surface area contributed by atoms with Gasteiger partial charge in [-0.2, -0.15) is 4.98 Å². The molecular weight excluding hydrogens is 543 g/mol. The van der Waals surface area contributed by atoms with E-state index in [0.29, 0.717) is 29.9 Å². The molecule has 0 fully saturated rings. The molecule has 0 unspecified atom stereocenters. The molecule has 0 bridgehead atoms. The quantitative estimate of drug-likeness (QED) is 0.246. The van der Waals surface area contributed by atoms with E-state index in [0.717, 1.165) is 22.3 Å². The number of aryl methyl sites for hydroxylation is 1. The third-order valence-corrected chi connectivity index (χ3v) is 6.93. The summed E-state index contributed by atoms with van der Waals surface area (Å²) in [7, 11) is -0.0190. The predicted molar refractivity (Wildman–Crippen MR) is 153 cm³/mol. The van der Waals surface area contributed by atoms with Crippen LogP contribution >= 0.6 is 12.4 Å². The number of sulfonamides is 1. The summed E-state index contributed by atoms with van der Waals surface area (Å²) in [4.78, 5) is 15.4. The number of hydrogen-bond donors (Lipinski definition) is 3. The number of nitrogens with two attached hydrogens (primary N) is 1. The molecular formula is C26H26ClFN8O2S. The Bertz CT molecular complexity index is 1730. The molecule has 0 aliphatic heterocycles. The Morgan fingerprint density at radius 1 is 1.03 bits per heavy atom. The van der Waals surface area contributed by atoms with E-state index < -0.39 is 10.0 Å². The molecule has 39 heavy (non-hydrogen) atoms. The maximum atomic E-state index is 13.2. The van der Waals surface area contributed by atoms with Crippen LogP contribution in [0.5, 0.6) is 0 Å². The summed E-state index contributed by atoms with van der Waals surface area (Å²) in [5.41, 5.74) is 4.05. The average molecular weight is 569 g/mol. The van der Waals surface area contributed by atoms with Crippen molar-refractivity contribution in [3.05, 3.63) is 90.4 Å². The predicted octanol–water partition coefficient (Wildman–Crippen LogP) is 4.70. The number of primary sulfonamides is 1. The number of aromatic nitrogens is 4. The Hall–Kier alpha value is -4.26. The molecule has 0 saturated carbocycles. The van der Waals surface area contributed by atoms with Crippen molar-refractivity contribution in [1.82, 2.24) is 19.5 Å². The molecule has 0 saturated heterocycles. The van der Waals surface area contributed by atoms with Gasteiger partial charge in [0, 0.05) is 38.2 Å². The van der Waals surface area contributed by atoms with Gasteiger partial charge in [-0.1, -0.05) is 18.2 Å². The fourth-order valence-corrected chi connectivity index (χ4v) is 4.51. The van der Waals surface area contributed by atoms with Gasteiger partial charge >= 0.3 is 0 Å². The number of fused-ring (bicyclic) bond motifs is 1. The summed E-state index contributed by atoms with van der Waals surface area (Å²) in [6.45, 7) is 0.515. The molecule has 2 aromatic heterocycles. The van der Waals surface area contributed by atoms with Gasteiger partial charge in [-0.3, -0.25) is 0 Å². The molecule has 10 nitrogen and oxygen atoms in total. The first kappa shape index (κ1) is 27.8. The maximum Gasteiger partial charge on any atom is 0.238 e. The molecule has 0 aliphatic rings. The van der Waals surface area contributed by atoms with Crippen LogP contribution in [-0.4, -0.2) is 35.0 Å². The van der Waals surface area contributed by atoms with E-state index in [1.165, 1.54) is 24.3 Å². The molecule has 0 aliphatic carbocycles. The largest absolute Gasteiger partial charge is 0.352 e. The number of benzene rings is 3. The lowest BCUT2D eigenvalue weighted by Crippen LogP contribution is -2.13. The minimum Gasteiger partial charge on any atom is -0.352 e. The van der Waals surface area contributed by atoms with Crippen molar-refractivity contribution in [3.63, 3.8) is 0 Å². The molecule has 4 N–H and O–H groups in total. The smallest absolute Gasteiger partial charge is 0.238 e. The molecule has 202 valence electrons. The van der Waals surface area contributed by atoms with E-state index in [4.69, 9.17) is 10.1 Å². The van der Waals surface area contributed by atoms with E-state index in [1.54, 1.807) is 36.5 Å². The number of anilines is 5. The highest BCUT2D eigenvalue weighted by Gasteiger charge is 2.13. The zero-order chi connectivity index (χ0) is 26.9. The molecule has 5 rings (SSSR count). The third-order valence-electron chi connectivity index (χ3n) is 6.02. The standard InChI is InChI=1S/C26H25FN8O2S.ClH/c1-34(24-12-13-29-25(33-24)31-19-4-3-5-21(14-19)38(28,36)37)20-10-11-23-22(15-20)32-26(35(23)2)30-16-17-6-8-18(27)9-7-17;/h3-15H,16H2,1-2H3,(H,30,32)(H2,28,36,37)(H,29,31,33);1H. The van der Waals surface area contributed by atoms with E-state index >= 15 is 0 Å². The Morgan fingerprint density at radius 3 is 2.54 bits per heavy atom. The van der Waals surface area contributed by atoms with Gasteiger partial charge in [0.1, 0.15) is 11.6 Å². The molecule has 0 radical (unpaired) electrons. The van der Waals surface area contributed by atoms with Gasteiger partial charge in [-0.15, -0.1) is 12.4 Å². The highest BCUT2D eigenvalue weighted by atomic mass is 35.5. The Kier molecular flexibility index (Phi) is 8.00. The van der Waals surface area contributed by atoms with Crippen LogP contribution < -0.4 is 20.7 Å². The summed E-state index contributed by atoms with van der Waals surface area (Å²) in [5, 5.41) is 11.6. The Balaban J connectivity index is 0.00000353. The van der Waals surface area contributed by atoms with Gasteiger partial charge in [0.25, 0.3) is 0 Å². The van der Waals surface area contributed by atoms with Crippen LogP contribution in [0.4, 0.5) is 33.5 Å². The maximum absolute atomic E-state index is 13.2. The second-order valence-electron chi connectivity index (χ2n) is 8.64. The number of nitrogens with zero attached hydrogens (tertiary/aromatic N) is 5.